The molecule has 0 radical (unpaired) electrons. The van der Waals surface area contributed by atoms with Crippen LogP contribution in [0.4, 0.5) is 4.79 Å². The fourth-order valence-corrected chi connectivity index (χ4v) is 4.87. The van der Waals surface area contributed by atoms with Gasteiger partial charge >= 0.3 is 6.03 Å². The normalized spacial score (nSPS) is 19.8. The summed E-state index contributed by atoms with van der Waals surface area (Å²) in [7, 11) is 0. The van der Waals surface area contributed by atoms with Crippen LogP contribution in [0, 0.1) is 23.2 Å². The van der Waals surface area contributed by atoms with Crippen molar-refractivity contribution in [1.82, 2.24) is 14.7 Å². The van der Waals surface area contributed by atoms with Crippen LogP contribution in [0.3, 0.4) is 0 Å². The number of hydrogen-bond acceptors (Lipinski definition) is 4. The summed E-state index contributed by atoms with van der Waals surface area (Å²) in [6.45, 7) is 4.03. The van der Waals surface area contributed by atoms with E-state index in [1.54, 1.807) is 4.90 Å². The molecule has 6 nitrogen and oxygen atoms in total. The number of carbonyl (C=O) groups excluding carboxylic acids is 2. The van der Waals surface area contributed by atoms with Crippen molar-refractivity contribution in [2.75, 3.05) is 26.2 Å². The first-order valence-electron chi connectivity index (χ1n) is 12.0. The molecule has 170 valence electrons. The van der Waals surface area contributed by atoms with Crippen molar-refractivity contribution in [2.45, 2.75) is 38.8 Å². The van der Waals surface area contributed by atoms with Crippen LogP contribution in [0.15, 0.2) is 48.5 Å². The number of carbonyl (C=O) groups is 2. The molecule has 0 spiro atoms. The molecule has 33 heavy (non-hydrogen) atoms. The Kier molecular flexibility index (Phi) is 6.15. The molecule has 1 saturated carbocycles. The number of amides is 3. The van der Waals surface area contributed by atoms with Crippen LogP contribution in [0.1, 0.15) is 36.8 Å². The summed E-state index contributed by atoms with van der Waals surface area (Å²) in [5, 5.41) is 9.14. The minimum atomic E-state index is -0.151. The lowest BCUT2D eigenvalue weighted by atomic mass is 9.95. The average Bonchev–Trinajstić information content (AvgIpc) is 3.63. The Morgan fingerprint density at radius 3 is 2.33 bits per heavy atom. The maximum atomic E-state index is 12.7. The Hall–Kier alpha value is -3.17. The zero-order valence-corrected chi connectivity index (χ0v) is 18.9. The maximum Gasteiger partial charge on any atom is 0.327 e. The zero-order chi connectivity index (χ0) is 22.8. The smallest absolute Gasteiger partial charge is 0.311 e. The van der Waals surface area contributed by atoms with Crippen molar-refractivity contribution in [1.29, 1.82) is 5.26 Å². The summed E-state index contributed by atoms with van der Waals surface area (Å²) in [5.74, 6) is 0.633. The lowest BCUT2D eigenvalue weighted by Gasteiger charge is -2.29. The van der Waals surface area contributed by atoms with Crippen LogP contribution >= 0.6 is 0 Å². The highest BCUT2D eigenvalue weighted by molar-refractivity contribution is 6.02. The monoisotopic (exact) mass is 442 g/mol. The van der Waals surface area contributed by atoms with Crippen LogP contribution < -0.4 is 0 Å². The molecule has 3 fully saturated rings. The van der Waals surface area contributed by atoms with Gasteiger partial charge in [-0.05, 0) is 66.9 Å². The quantitative estimate of drug-likeness (QED) is 0.601. The Morgan fingerprint density at radius 2 is 1.64 bits per heavy atom. The molecule has 2 aromatic rings. The minimum Gasteiger partial charge on any atom is -0.311 e. The van der Waals surface area contributed by atoms with E-state index in [0.717, 1.165) is 56.4 Å². The van der Waals surface area contributed by atoms with Gasteiger partial charge in [-0.25, -0.2) is 4.79 Å². The molecule has 0 atom stereocenters. The molecule has 2 aliphatic heterocycles. The fourth-order valence-electron chi connectivity index (χ4n) is 4.87. The second-order valence-corrected chi connectivity index (χ2v) is 9.62. The van der Waals surface area contributed by atoms with Gasteiger partial charge in [-0.2, -0.15) is 5.26 Å². The number of likely N-dealkylation sites (tertiary alicyclic amines) is 1. The number of imide groups is 1. The van der Waals surface area contributed by atoms with Gasteiger partial charge in [-0.3, -0.25) is 14.6 Å². The first-order chi connectivity index (χ1) is 16.1. The third-order valence-electron chi connectivity index (χ3n) is 7.09. The molecular formula is C27H30N4O2. The van der Waals surface area contributed by atoms with Crippen molar-refractivity contribution in [3.63, 3.8) is 0 Å². The second-order valence-electron chi connectivity index (χ2n) is 9.62. The van der Waals surface area contributed by atoms with Crippen LogP contribution in [0.2, 0.25) is 0 Å². The Morgan fingerprint density at radius 1 is 0.909 bits per heavy atom. The predicted molar refractivity (Wildman–Crippen MR) is 126 cm³/mol. The highest BCUT2D eigenvalue weighted by atomic mass is 16.2. The molecule has 0 bridgehead atoms. The molecule has 5 rings (SSSR count). The maximum absolute atomic E-state index is 12.7. The van der Waals surface area contributed by atoms with Crippen LogP contribution in [-0.4, -0.2) is 52.8 Å². The zero-order valence-electron chi connectivity index (χ0n) is 18.9. The lowest BCUT2D eigenvalue weighted by molar-refractivity contribution is -0.125. The van der Waals surface area contributed by atoms with E-state index in [4.69, 9.17) is 5.26 Å². The number of nitrogens with zero attached hydrogens (tertiary/aromatic N) is 4. The minimum absolute atomic E-state index is 0.0729. The summed E-state index contributed by atoms with van der Waals surface area (Å²) >= 11 is 0. The number of piperidine rings is 1. The summed E-state index contributed by atoms with van der Waals surface area (Å²) < 4.78 is 0. The molecule has 0 aromatic heterocycles. The average molecular weight is 443 g/mol. The SMILES string of the molecule is N#CC1CCN(Cc2ccccc2-c2ccc(CN3CC(=O)N(CC4CC4)C3=O)cc2)CC1. The van der Waals surface area contributed by atoms with Gasteiger partial charge in [0.1, 0.15) is 6.54 Å². The fraction of sp³-hybridized carbons (Fsp3) is 0.444. The number of rotatable bonds is 7. The number of benzene rings is 2. The van der Waals surface area contributed by atoms with Gasteiger partial charge in [-0.15, -0.1) is 0 Å². The van der Waals surface area contributed by atoms with Crippen molar-refractivity contribution in [3.05, 3.63) is 59.7 Å². The van der Waals surface area contributed by atoms with Crippen molar-refractivity contribution < 1.29 is 9.59 Å². The van der Waals surface area contributed by atoms with Gasteiger partial charge in [0.15, 0.2) is 0 Å². The van der Waals surface area contributed by atoms with Crippen molar-refractivity contribution in [2.24, 2.45) is 11.8 Å². The van der Waals surface area contributed by atoms with Gasteiger partial charge in [-0.1, -0.05) is 48.5 Å². The molecule has 3 amide bonds. The standard InChI is InChI=1S/C27H30N4O2/c28-15-20-11-13-29(14-12-20)18-24-3-1-2-4-25(24)23-9-7-21(8-10-23)16-30-19-26(32)31(27(30)33)17-22-5-6-22/h1-4,7-10,20,22H,5-6,11-14,16-19H2. The number of nitriles is 1. The molecule has 6 heteroatoms. The van der Waals surface area contributed by atoms with E-state index >= 15 is 0 Å². The highest BCUT2D eigenvalue weighted by Crippen LogP contribution is 2.31. The topological polar surface area (TPSA) is 67.7 Å². The first-order valence-corrected chi connectivity index (χ1v) is 12.0. The number of urea groups is 1. The summed E-state index contributed by atoms with van der Waals surface area (Å²) in [6, 6.07) is 19.1. The molecule has 3 aliphatic rings. The molecular weight excluding hydrogens is 412 g/mol. The van der Waals surface area contributed by atoms with Crippen molar-refractivity contribution >= 4 is 11.9 Å². The van der Waals surface area contributed by atoms with Crippen LogP contribution in [0.25, 0.3) is 11.1 Å². The lowest BCUT2D eigenvalue weighted by Crippen LogP contribution is -2.34. The molecule has 2 heterocycles. The van der Waals surface area contributed by atoms with Gasteiger partial charge in [0.25, 0.3) is 0 Å². The third-order valence-corrected chi connectivity index (χ3v) is 7.09. The van der Waals surface area contributed by atoms with Gasteiger partial charge in [0, 0.05) is 25.6 Å². The summed E-state index contributed by atoms with van der Waals surface area (Å²) in [4.78, 5) is 30.4. The summed E-state index contributed by atoms with van der Waals surface area (Å²) in [6.07, 6.45) is 4.14. The highest BCUT2D eigenvalue weighted by Gasteiger charge is 2.39. The van der Waals surface area contributed by atoms with E-state index in [9.17, 15) is 9.59 Å². The van der Waals surface area contributed by atoms with Crippen LogP contribution in [0.5, 0.6) is 0 Å². The molecule has 0 N–H and O–H groups in total. The Balaban J connectivity index is 1.24. The molecule has 2 aromatic carbocycles. The van der Waals surface area contributed by atoms with E-state index < -0.39 is 0 Å². The third kappa shape index (κ3) is 4.94. The van der Waals surface area contributed by atoms with E-state index in [-0.39, 0.29) is 24.4 Å². The molecule has 2 saturated heterocycles. The van der Waals surface area contributed by atoms with E-state index in [0.29, 0.717) is 19.0 Å². The van der Waals surface area contributed by atoms with E-state index in [1.165, 1.54) is 16.0 Å². The van der Waals surface area contributed by atoms with Crippen molar-refractivity contribution in [3.8, 4) is 17.2 Å². The molecule has 0 unspecified atom stereocenters. The second kappa shape index (κ2) is 9.36. The largest absolute Gasteiger partial charge is 0.327 e. The summed E-state index contributed by atoms with van der Waals surface area (Å²) in [5.41, 5.74) is 4.69. The van der Waals surface area contributed by atoms with Gasteiger partial charge in [0.05, 0.1) is 6.07 Å². The van der Waals surface area contributed by atoms with Gasteiger partial charge < -0.3 is 4.90 Å². The molecule has 1 aliphatic carbocycles. The number of hydrogen-bond donors (Lipinski definition) is 0. The Bertz CT molecular complexity index is 1060. The van der Waals surface area contributed by atoms with E-state index in [1.807, 2.05) is 0 Å². The first kappa shape index (κ1) is 21.7. The predicted octanol–water partition coefficient (Wildman–Crippen LogP) is 4.26. The van der Waals surface area contributed by atoms with E-state index in [2.05, 4.69) is 59.5 Å². The van der Waals surface area contributed by atoms with Gasteiger partial charge in [0.2, 0.25) is 5.91 Å². The van der Waals surface area contributed by atoms with Crippen LogP contribution in [-0.2, 0) is 17.9 Å². The Labute approximate surface area is 195 Å².